The van der Waals surface area contributed by atoms with Crippen molar-refractivity contribution in [2.24, 2.45) is 4.99 Å². The van der Waals surface area contributed by atoms with Crippen LogP contribution in [0.5, 0.6) is 5.88 Å². The summed E-state index contributed by atoms with van der Waals surface area (Å²) in [5.41, 5.74) is -0.805. The Bertz CT molecular complexity index is 463. The van der Waals surface area contributed by atoms with Crippen molar-refractivity contribution in [1.29, 1.82) is 0 Å². The molecule has 0 atom stereocenters. The number of hydrogen-bond donors (Lipinski definition) is 2. The number of halogens is 3. The quantitative estimate of drug-likeness (QED) is 0.450. The predicted molar refractivity (Wildman–Crippen MR) is 76.0 cm³/mol. The van der Waals surface area contributed by atoms with Crippen LogP contribution in [-0.2, 0) is 10.9 Å². The first-order chi connectivity index (χ1) is 10.5. The average molecular weight is 320 g/mol. The minimum absolute atomic E-state index is 0.136. The Labute approximate surface area is 126 Å². The van der Waals surface area contributed by atoms with Gasteiger partial charge in [-0.3, -0.25) is 4.99 Å². The molecule has 0 aliphatic rings. The smallest absolute Gasteiger partial charge is 0.417 e. The number of nitrogens with zero attached hydrogens (tertiary/aromatic N) is 2. The van der Waals surface area contributed by atoms with Gasteiger partial charge in [-0.1, -0.05) is 0 Å². The molecule has 0 radical (unpaired) electrons. The fourth-order valence-electron chi connectivity index (χ4n) is 1.45. The van der Waals surface area contributed by atoms with Gasteiger partial charge in [-0.2, -0.15) is 13.2 Å². The summed E-state index contributed by atoms with van der Waals surface area (Å²) in [6.45, 7) is 1.82. The molecule has 1 aromatic rings. The molecule has 2 N–H and O–H groups in total. The van der Waals surface area contributed by atoms with Crippen molar-refractivity contribution in [3.8, 4) is 5.88 Å². The van der Waals surface area contributed by atoms with E-state index in [9.17, 15) is 13.2 Å². The minimum atomic E-state index is -4.40. The van der Waals surface area contributed by atoms with E-state index in [4.69, 9.17) is 9.47 Å². The topological polar surface area (TPSA) is 67.8 Å². The van der Waals surface area contributed by atoms with Gasteiger partial charge in [0.05, 0.1) is 18.7 Å². The van der Waals surface area contributed by atoms with Crippen LogP contribution in [0, 0.1) is 0 Å². The minimum Gasteiger partial charge on any atom is -0.476 e. The Hall–Kier alpha value is -2.03. The molecule has 22 heavy (non-hydrogen) atoms. The number of aromatic nitrogens is 1. The van der Waals surface area contributed by atoms with Crippen molar-refractivity contribution in [1.82, 2.24) is 15.6 Å². The third-order valence-corrected chi connectivity index (χ3v) is 2.53. The molecule has 0 aromatic carbocycles. The highest BCUT2D eigenvalue weighted by Gasteiger charge is 2.30. The number of guanidine groups is 1. The lowest BCUT2D eigenvalue weighted by molar-refractivity contribution is -0.137. The van der Waals surface area contributed by atoms with Crippen LogP contribution in [-0.4, -0.2) is 51.4 Å². The van der Waals surface area contributed by atoms with Crippen LogP contribution in [0.1, 0.15) is 5.56 Å². The summed E-state index contributed by atoms with van der Waals surface area (Å²) in [5, 5.41) is 6.00. The molecular formula is C13H19F3N4O2. The third-order valence-electron chi connectivity index (χ3n) is 2.53. The Balaban J connectivity index is 2.29. The van der Waals surface area contributed by atoms with Crippen molar-refractivity contribution in [2.45, 2.75) is 6.18 Å². The number of rotatable bonds is 7. The molecule has 6 nitrogen and oxygen atoms in total. The zero-order valence-corrected chi connectivity index (χ0v) is 12.4. The summed E-state index contributed by atoms with van der Waals surface area (Å²) in [4.78, 5) is 7.60. The Kier molecular flexibility index (Phi) is 7.44. The van der Waals surface area contributed by atoms with Gasteiger partial charge in [-0.25, -0.2) is 4.98 Å². The van der Waals surface area contributed by atoms with Crippen LogP contribution in [0.25, 0.3) is 0 Å². The first kappa shape index (κ1) is 18.0. The van der Waals surface area contributed by atoms with Crippen LogP contribution < -0.4 is 15.4 Å². The Morgan fingerprint density at radius 3 is 2.41 bits per heavy atom. The van der Waals surface area contributed by atoms with Crippen molar-refractivity contribution in [3.63, 3.8) is 0 Å². The van der Waals surface area contributed by atoms with E-state index in [1.165, 1.54) is 6.07 Å². The molecule has 0 aliphatic heterocycles. The molecule has 1 heterocycles. The largest absolute Gasteiger partial charge is 0.476 e. The average Bonchev–Trinajstić information content (AvgIpc) is 2.49. The second kappa shape index (κ2) is 9.08. The predicted octanol–water partition coefficient (Wildman–Crippen LogP) is 1.29. The van der Waals surface area contributed by atoms with Gasteiger partial charge >= 0.3 is 6.18 Å². The third kappa shape index (κ3) is 6.61. The maximum atomic E-state index is 12.4. The molecule has 0 saturated heterocycles. The molecule has 124 valence electrons. The van der Waals surface area contributed by atoms with Gasteiger partial charge in [0.2, 0.25) is 5.88 Å². The number of pyridine rings is 1. The number of alkyl halides is 3. The van der Waals surface area contributed by atoms with E-state index in [1.807, 2.05) is 0 Å². The molecule has 0 fully saturated rings. The van der Waals surface area contributed by atoms with E-state index >= 15 is 0 Å². The van der Waals surface area contributed by atoms with Crippen LogP contribution in [0.4, 0.5) is 13.2 Å². The maximum Gasteiger partial charge on any atom is 0.417 e. The Morgan fingerprint density at radius 1 is 1.23 bits per heavy atom. The highest BCUT2D eigenvalue weighted by atomic mass is 19.4. The van der Waals surface area contributed by atoms with Gasteiger partial charge < -0.3 is 20.1 Å². The molecule has 0 amide bonds. The van der Waals surface area contributed by atoms with Gasteiger partial charge in [-0.15, -0.1) is 0 Å². The van der Waals surface area contributed by atoms with E-state index in [-0.39, 0.29) is 12.5 Å². The van der Waals surface area contributed by atoms with Crippen LogP contribution in [0.2, 0.25) is 0 Å². The monoisotopic (exact) mass is 320 g/mol. The molecule has 0 bridgehead atoms. The van der Waals surface area contributed by atoms with Crippen molar-refractivity contribution < 1.29 is 22.6 Å². The van der Waals surface area contributed by atoms with E-state index in [2.05, 4.69) is 20.6 Å². The standard InChI is InChI=1S/C13H19F3N4O2/c1-17-12(18-5-7-21-2)19-6-8-22-11-4-3-10(9-20-11)13(14,15)16/h3-4,9H,5-8H2,1-2H3,(H2,17,18,19). The summed E-state index contributed by atoms with van der Waals surface area (Å²) in [5.74, 6) is 0.721. The number of nitrogens with one attached hydrogen (secondary N) is 2. The summed E-state index contributed by atoms with van der Waals surface area (Å²) in [7, 11) is 3.23. The summed E-state index contributed by atoms with van der Waals surface area (Å²) < 4.78 is 47.2. The molecule has 1 aromatic heterocycles. The Morgan fingerprint density at radius 2 is 1.91 bits per heavy atom. The molecule has 9 heteroatoms. The van der Waals surface area contributed by atoms with Crippen molar-refractivity contribution in [2.75, 3.05) is 40.5 Å². The van der Waals surface area contributed by atoms with Gasteiger partial charge in [-0.05, 0) is 6.07 Å². The highest BCUT2D eigenvalue weighted by molar-refractivity contribution is 5.79. The molecule has 0 aliphatic carbocycles. The summed E-state index contributed by atoms with van der Waals surface area (Å²) in [6, 6.07) is 2.12. The van der Waals surface area contributed by atoms with E-state index in [0.29, 0.717) is 25.7 Å². The zero-order chi connectivity index (χ0) is 16.4. The van der Waals surface area contributed by atoms with E-state index in [1.54, 1.807) is 14.2 Å². The lowest BCUT2D eigenvalue weighted by atomic mass is 10.3. The lowest BCUT2D eigenvalue weighted by Crippen LogP contribution is -2.40. The maximum absolute atomic E-state index is 12.4. The number of aliphatic imine (C=N–C) groups is 1. The van der Waals surface area contributed by atoms with Crippen molar-refractivity contribution in [3.05, 3.63) is 23.9 Å². The molecule has 1 rings (SSSR count). The zero-order valence-electron chi connectivity index (χ0n) is 12.4. The normalized spacial score (nSPS) is 12.1. The van der Waals surface area contributed by atoms with Gasteiger partial charge in [0.25, 0.3) is 0 Å². The highest BCUT2D eigenvalue weighted by Crippen LogP contribution is 2.29. The van der Waals surface area contributed by atoms with E-state index < -0.39 is 11.7 Å². The van der Waals surface area contributed by atoms with Gasteiger partial charge in [0, 0.05) is 33.0 Å². The number of methoxy groups -OCH3 is 1. The molecule has 0 saturated carbocycles. The van der Waals surface area contributed by atoms with Crippen molar-refractivity contribution >= 4 is 5.96 Å². The molecule has 0 unspecified atom stereocenters. The van der Waals surface area contributed by atoms with E-state index in [0.717, 1.165) is 12.3 Å². The first-order valence-electron chi connectivity index (χ1n) is 6.57. The lowest BCUT2D eigenvalue weighted by Gasteiger charge is -2.12. The first-order valence-corrected chi connectivity index (χ1v) is 6.57. The second-order valence-corrected chi connectivity index (χ2v) is 4.15. The SMILES string of the molecule is CN=C(NCCOC)NCCOc1ccc(C(F)(F)F)cn1. The van der Waals surface area contributed by atoms with Crippen LogP contribution >= 0.6 is 0 Å². The fraction of sp³-hybridized carbons (Fsp3) is 0.538. The van der Waals surface area contributed by atoms with Gasteiger partial charge in [0.15, 0.2) is 5.96 Å². The fourth-order valence-corrected chi connectivity index (χ4v) is 1.45. The van der Waals surface area contributed by atoms with Crippen LogP contribution in [0.3, 0.4) is 0 Å². The summed E-state index contributed by atoms with van der Waals surface area (Å²) >= 11 is 0. The van der Waals surface area contributed by atoms with Gasteiger partial charge in [0.1, 0.15) is 6.61 Å². The number of hydrogen-bond acceptors (Lipinski definition) is 4. The summed E-state index contributed by atoms with van der Waals surface area (Å²) in [6.07, 6.45) is -3.65. The molecular weight excluding hydrogens is 301 g/mol. The molecule has 0 spiro atoms. The van der Waals surface area contributed by atoms with Crippen LogP contribution in [0.15, 0.2) is 23.3 Å². The second-order valence-electron chi connectivity index (χ2n) is 4.15. The number of ether oxygens (including phenoxy) is 2.